The van der Waals surface area contributed by atoms with Crippen LogP contribution in [0.25, 0.3) is 6.08 Å². The highest BCUT2D eigenvalue weighted by atomic mass is 35.5. The van der Waals surface area contributed by atoms with Crippen LogP contribution in [-0.2, 0) is 16.0 Å². The molecule has 3 heterocycles. The van der Waals surface area contributed by atoms with E-state index in [9.17, 15) is 21.6 Å². The van der Waals surface area contributed by atoms with Crippen molar-refractivity contribution in [1.29, 1.82) is 0 Å². The van der Waals surface area contributed by atoms with Gasteiger partial charge in [-0.15, -0.1) is 5.10 Å². The Morgan fingerprint density at radius 3 is 2.62 bits per heavy atom. The fourth-order valence-electron chi connectivity index (χ4n) is 2.42. The lowest BCUT2D eigenvalue weighted by Crippen LogP contribution is -2.42. The lowest BCUT2D eigenvalue weighted by molar-refractivity contribution is -0.144. The van der Waals surface area contributed by atoms with Crippen molar-refractivity contribution in [2.24, 2.45) is 5.10 Å². The molecule has 0 saturated carbocycles. The molecule has 1 atom stereocenters. The summed E-state index contributed by atoms with van der Waals surface area (Å²) in [7, 11) is -3.66. The summed E-state index contributed by atoms with van der Waals surface area (Å²) in [4.78, 5) is 9.52. The lowest BCUT2D eigenvalue weighted by atomic mass is 10.2. The Kier molecular flexibility index (Phi) is 4.47. The maximum atomic E-state index is 12.8. The third-order valence-corrected chi connectivity index (χ3v) is 5.67. The molecule has 1 N–H and O–H groups in total. The van der Waals surface area contributed by atoms with E-state index < -0.39 is 27.9 Å². The minimum absolute atomic E-state index is 0.0289. The van der Waals surface area contributed by atoms with Crippen LogP contribution in [0.3, 0.4) is 0 Å². The molecule has 2 aromatic heterocycles. The second-order valence-corrected chi connectivity index (χ2v) is 8.17. The fourth-order valence-corrected chi connectivity index (χ4v) is 3.57. The Morgan fingerprint density at radius 2 is 2.00 bits per heavy atom. The first-order chi connectivity index (χ1) is 12.0. The highest BCUT2D eigenvalue weighted by Crippen LogP contribution is 2.29. The van der Waals surface area contributed by atoms with Crippen LogP contribution in [0.2, 0.25) is 5.15 Å². The van der Waals surface area contributed by atoms with Crippen LogP contribution in [0.5, 0.6) is 0 Å². The molecule has 0 aliphatic carbocycles. The number of sulfone groups is 1. The number of nitrogens with zero attached hydrogens (tertiary/aromatic N) is 4. The van der Waals surface area contributed by atoms with Crippen molar-refractivity contribution in [1.82, 2.24) is 15.0 Å². The smallest absolute Gasteiger partial charge is 0.333 e. The molecule has 0 aromatic carbocycles. The first-order valence-electron chi connectivity index (χ1n) is 7.45. The maximum absolute atomic E-state index is 12.8. The molecule has 7 nitrogen and oxygen atoms in total. The summed E-state index contributed by atoms with van der Waals surface area (Å²) in [5.41, 5.74) is -0.211. The molecule has 0 spiro atoms. The van der Waals surface area contributed by atoms with Gasteiger partial charge in [-0.2, -0.15) is 13.2 Å². The van der Waals surface area contributed by atoms with Crippen LogP contribution >= 0.6 is 11.6 Å². The zero-order chi connectivity index (χ0) is 19.3. The minimum Gasteiger partial charge on any atom is -0.333 e. The number of fused-ring (bicyclic) bond motifs is 1. The van der Waals surface area contributed by atoms with Crippen molar-refractivity contribution in [3.8, 4) is 0 Å². The van der Waals surface area contributed by atoms with Crippen LogP contribution < -0.4 is 15.8 Å². The van der Waals surface area contributed by atoms with Gasteiger partial charge < -0.3 is 4.98 Å². The van der Waals surface area contributed by atoms with E-state index in [0.717, 1.165) is 0 Å². The maximum Gasteiger partial charge on any atom is 0.449 e. The van der Waals surface area contributed by atoms with Gasteiger partial charge in [0.05, 0.1) is 17.1 Å². The summed E-state index contributed by atoms with van der Waals surface area (Å²) in [5, 5.41) is 5.38. The predicted octanol–water partition coefficient (Wildman–Crippen LogP) is 1.49. The first-order valence-corrected chi connectivity index (χ1v) is 9.48. The van der Waals surface area contributed by atoms with Crippen LogP contribution in [0, 0.1) is 0 Å². The zero-order valence-electron chi connectivity index (χ0n) is 13.5. The number of imidazole rings is 1. The van der Waals surface area contributed by atoms with Gasteiger partial charge in [-0.25, -0.2) is 23.4 Å². The first kappa shape index (κ1) is 18.6. The average molecular weight is 408 g/mol. The molecule has 1 aliphatic rings. The number of anilines is 1. The Morgan fingerprint density at radius 1 is 1.31 bits per heavy atom. The number of H-pyrrole nitrogens is 1. The van der Waals surface area contributed by atoms with Gasteiger partial charge in [0.1, 0.15) is 10.0 Å². The molecule has 0 fully saturated rings. The number of aromatic nitrogens is 3. The van der Waals surface area contributed by atoms with Crippen molar-refractivity contribution >= 4 is 33.3 Å². The average Bonchev–Trinajstić information content (AvgIpc) is 2.96. The number of nitrogens with one attached hydrogen (secondary N) is 1. The summed E-state index contributed by atoms with van der Waals surface area (Å²) in [6, 6.07) is 2.04. The van der Waals surface area contributed by atoms with Gasteiger partial charge in [0, 0.05) is 0 Å². The van der Waals surface area contributed by atoms with E-state index in [0.29, 0.717) is 0 Å². The van der Waals surface area contributed by atoms with Crippen molar-refractivity contribution < 1.29 is 21.6 Å². The zero-order valence-corrected chi connectivity index (χ0v) is 15.1. The molecule has 1 unspecified atom stereocenters. The van der Waals surface area contributed by atoms with E-state index in [-0.39, 0.29) is 32.5 Å². The fraction of sp³-hybridized carbons (Fsp3) is 0.357. The Bertz CT molecular complexity index is 1080. The van der Waals surface area contributed by atoms with Crippen LogP contribution in [0.4, 0.5) is 19.0 Å². The standard InChI is InChI=1S/C14H13ClF3N5O2S/c1-3-26(24,25)9-4-5-10(15)20-12(9)23-7(2)6-8-11(22-23)21-13(19-8)14(16,17)18/h4-7H,3H2,1-2H3,(H,19,21,22). The molecular formula is C14H13ClF3N5O2S. The van der Waals surface area contributed by atoms with Crippen LogP contribution in [-0.4, -0.2) is 35.2 Å². The van der Waals surface area contributed by atoms with Crippen molar-refractivity contribution in [2.75, 3.05) is 10.8 Å². The van der Waals surface area contributed by atoms with E-state index in [1.807, 2.05) is 0 Å². The molecule has 1 aliphatic heterocycles. The third kappa shape index (κ3) is 3.28. The third-order valence-electron chi connectivity index (χ3n) is 3.71. The number of hydrogen-bond donors (Lipinski definition) is 1. The molecule has 12 heteroatoms. The quantitative estimate of drug-likeness (QED) is 0.778. The number of rotatable bonds is 3. The molecule has 26 heavy (non-hydrogen) atoms. The highest BCUT2D eigenvalue weighted by molar-refractivity contribution is 7.91. The van der Waals surface area contributed by atoms with E-state index in [1.54, 1.807) is 6.92 Å². The van der Waals surface area contributed by atoms with Crippen molar-refractivity contribution in [3.05, 3.63) is 33.9 Å². The predicted molar refractivity (Wildman–Crippen MR) is 87.8 cm³/mol. The molecule has 0 saturated heterocycles. The molecule has 0 radical (unpaired) electrons. The monoisotopic (exact) mass is 407 g/mol. The van der Waals surface area contributed by atoms with Gasteiger partial charge in [-0.1, -0.05) is 18.5 Å². The van der Waals surface area contributed by atoms with E-state index in [1.165, 1.54) is 30.1 Å². The van der Waals surface area contributed by atoms with Crippen molar-refractivity contribution in [3.63, 3.8) is 0 Å². The number of halogens is 4. The number of alkyl halides is 3. The molecule has 3 rings (SSSR count). The molecule has 0 amide bonds. The minimum atomic E-state index is -4.65. The molecule has 2 aromatic rings. The van der Waals surface area contributed by atoms with Crippen LogP contribution in [0.15, 0.2) is 22.1 Å². The van der Waals surface area contributed by atoms with Gasteiger partial charge >= 0.3 is 6.18 Å². The van der Waals surface area contributed by atoms with Gasteiger partial charge in [0.15, 0.2) is 21.1 Å². The summed E-state index contributed by atoms with van der Waals surface area (Å²) in [5.74, 6) is -1.43. The molecular weight excluding hydrogens is 395 g/mol. The number of pyridine rings is 1. The number of aromatic amines is 1. The second-order valence-electron chi connectivity index (χ2n) is 5.53. The molecule has 0 bridgehead atoms. The highest BCUT2D eigenvalue weighted by Gasteiger charge is 2.35. The normalized spacial score (nSPS) is 17.5. The Labute approximate surface area is 151 Å². The summed E-state index contributed by atoms with van der Waals surface area (Å²) in [6.07, 6.45) is -3.20. The summed E-state index contributed by atoms with van der Waals surface area (Å²) < 4.78 is 63.2. The molecule has 140 valence electrons. The van der Waals surface area contributed by atoms with E-state index in [2.05, 4.69) is 20.1 Å². The summed E-state index contributed by atoms with van der Waals surface area (Å²) >= 11 is 5.89. The van der Waals surface area contributed by atoms with E-state index in [4.69, 9.17) is 11.6 Å². The SMILES string of the molecule is CCS(=O)(=O)c1ccc(Cl)nc1N1N=c2nc(C(F)(F)F)[nH]c2=CC1C. The van der Waals surface area contributed by atoms with Crippen LogP contribution in [0.1, 0.15) is 19.7 Å². The lowest BCUT2D eigenvalue weighted by Gasteiger charge is -2.26. The van der Waals surface area contributed by atoms with Gasteiger partial charge in [0.25, 0.3) is 0 Å². The Hall–Kier alpha value is -2.14. The Balaban J connectivity index is 2.20. The largest absolute Gasteiger partial charge is 0.449 e. The topological polar surface area (TPSA) is 91.3 Å². The second kappa shape index (κ2) is 6.23. The van der Waals surface area contributed by atoms with E-state index >= 15 is 0 Å². The van der Waals surface area contributed by atoms with Gasteiger partial charge in [-0.3, -0.25) is 0 Å². The van der Waals surface area contributed by atoms with Crippen molar-refractivity contribution in [2.45, 2.75) is 31.0 Å². The summed E-state index contributed by atoms with van der Waals surface area (Å²) in [6.45, 7) is 3.10. The van der Waals surface area contributed by atoms with Gasteiger partial charge in [0.2, 0.25) is 5.82 Å². The van der Waals surface area contributed by atoms with Gasteiger partial charge in [-0.05, 0) is 25.1 Å². The number of hydrogen-bond acceptors (Lipinski definition) is 6.